The molecule has 0 aliphatic heterocycles. The van der Waals surface area contributed by atoms with Crippen LogP contribution in [0.2, 0.25) is 0 Å². The van der Waals surface area contributed by atoms with Gasteiger partial charge in [0.15, 0.2) is 5.13 Å². The summed E-state index contributed by atoms with van der Waals surface area (Å²) in [6.07, 6.45) is 2.23. The molecule has 0 radical (unpaired) electrons. The molecule has 3 aromatic rings. The molecule has 0 atom stereocenters. The molecule has 1 aromatic heterocycles. The minimum atomic E-state index is -4.52. The maximum absolute atomic E-state index is 13.6. The minimum Gasteiger partial charge on any atom is -0.493 e. The van der Waals surface area contributed by atoms with Crippen molar-refractivity contribution in [1.29, 1.82) is 0 Å². The molecule has 0 fully saturated rings. The fourth-order valence-electron chi connectivity index (χ4n) is 3.40. The zero-order valence-corrected chi connectivity index (χ0v) is 19.4. The van der Waals surface area contributed by atoms with Crippen molar-refractivity contribution in [3.8, 4) is 5.75 Å². The van der Waals surface area contributed by atoms with E-state index in [0.29, 0.717) is 11.6 Å². The Morgan fingerprint density at radius 2 is 1.70 bits per heavy atom. The number of benzene rings is 2. The standard InChI is InChI=1S/C25H28F4N2OS/c1-2-3-4-5-6-7-14-32-23-13-12-20(16-22(23)25(27,28)29)30-24-31-21(17-33-24)15-18-8-10-19(26)11-9-18/h8-13,16-17H,2-7,14-15H2,1H3,(H,30,31). The second kappa shape index (κ2) is 12.0. The second-order valence-electron chi connectivity index (χ2n) is 7.90. The van der Waals surface area contributed by atoms with Gasteiger partial charge in [-0.1, -0.05) is 51.2 Å². The molecule has 1 N–H and O–H groups in total. The van der Waals surface area contributed by atoms with Crippen LogP contribution >= 0.6 is 11.3 Å². The van der Waals surface area contributed by atoms with Crippen LogP contribution in [0.5, 0.6) is 5.75 Å². The van der Waals surface area contributed by atoms with Crippen molar-refractivity contribution in [2.24, 2.45) is 0 Å². The zero-order chi connectivity index (χ0) is 23.7. The lowest BCUT2D eigenvalue weighted by Gasteiger charge is -2.15. The summed E-state index contributed by atoms with van der Waals surface area (Å²) in [5, 5.41) is 5.26. The Morgan fingerprint density at radius 1 is 0.970 bits per heavy atom. The van der Waals surface area contributed by atoms with Crippen LogP contribution in [0.3, 0.4) is 0 Å². The fourth-order valence-corrected chi connectivity index (χ4v) is 4.13. The number of nitrogens with zero attached hydrogens (tertiary/aromatic N) is 1. The highest BCUT2D eigenvalue weighted by molar-refractivity contribution is 7.13. The average Bonchev–Trinajstić information content (AvgIpc) is 3.21. The molecule has 0 bridgehead atoms. The monoisotopic (exact) mass is 480 g/mol. The molecule has 33 heavy (non-hydrogen) atoms. The van der Waals surface area contributed by atoms with Gasteiger partial charge in [-0.25, -0.2) is 9.37 Å². The van der Waals surface area contributed by atoms with Crippen LogP contribution in [0.4, 0.5) is 28.4 Å². The van der Waals surface area contributed by atoms with E-state index in [1.165, 1.54) is 36.0 Å². The van der Waals surface area contributed by atoms with Gasteiger partial charge >= 0.3 is 6.18 Å². The molecule has 1 heterocycles. The van der Waals surface area contributed by atoms with Gasteiger partial charge in [0.1, 0.15) is 11.6 Å². The van der Waals surface area contributed by atoms with E-state index in [4.69, 9.17) is 4.74 Å². The van der Waals surface area contributed by atoms with Crippen LogP contribution in [-0.2, 0) is 12.6 Å². The number of halogens is 4. The molecule has 0 saturated heterocycles. The van der Waals surface area contributed by atoms with Crippen molar-refractivity contribution in [1.82, 2.24) is 4.98 Å². The third kappa shape index (κ3) is 8.03. The van der Waals surface area contributed by atoms with Crippen molar-refractivity contribution in [3.05, 3.63) is 70.5 Å². The SMILES string of the molecule is CCCCCCCCOc1ccc(Nc2nc(Cc3ccc(F)cc3)cs2)cc1C(F)(F)F. The van der Waals surface area contributed by atoms with Gasteiger partial charge in [-0.15, -0.1) is 11.3 Å². The lowest BCUT2D eigenvalue weighted by atomic mass is 10.1. The number of unbranched alkanes of at least 4 members (excludes halogenated alkanes) is 5. The summed E-state index contributed by atoms with van der Waals surface area (Å²) in [6.45, 7) is 2.41. The molecule has 0 amide bonds. The number of alkyl halides is 3. The van der Waals surface area contributed by atoms with Crippen molar-refractivity contribution < 1.29 is 22.3 Å². The second-order valence-corrected chi connectivity index (χ2v) is 8.76. The van der Waals surface area contributed by atoms with Crippen LogP contribution in [-0.4, -0.2) is 11.6 Å². The van der Waals surface area contributed by atoms with Crippen LogP contribution in [0, 0.1) is 5.82 Å². The Morgan fingerprint density at radius 3 is 2.42 bits per heavy atom. The van der Waals surface area contributed by atoms with Gasteiger partial charge in [-0.05, 0) is 42.3 Å². The highest BCUT2D eigenvalue weighted by Gasteiger charge is 2.34. The van der Waals surface area contributed by atoms with E-state index in [0.717, 1.165) is 49.4 Å². The van der Waals surface area contributed by atoms with Gasteiger partial charge in [0.05, 0.1) is 17.9 Å². The molecule has 0 saturated carbocycles. The normalized spacial score (nSPS) is 11.5. The summed E-state index contributed by atoms with van der Waals surface area (Å²) in [5.41, 5.74) is 1.14. The van der Waals surface area contributed by atoms with Crippen LogP contribution in [0.25, 0.3) is 0 Å². The van der Waals surface area contributed by atoms with Crippen molar-refractivity contribution in [2.75, 3.05) is 11.9 Å². The zero-order valence-electron chi connectivity index (χ0n) is 18.6. The summed E-state index contributed by atoms with van der Waals surface area (Å²) in [7, 11) is 0. The third-order valence-electron chi connectivity index (χ3n) is 5.14. The van der Waals surface area contributed by atoms with E-state index in [1.54, 1.807) is 18.2 Å². The molecular weight excluding hydrogens is 452 g/mol. The summed E-state index contributed by atoms with van der Waals surface area (Å²) in [6, 6.07) is 10.1. The highest BCUT2D eigenvalue weighted by atomic mass is 32.1. The first-order valence-corrected chi connectivity index (χ1v) is 12.0. The lowest BCUT2D eigenvalue weighted by molar-refractivity contribution is -0.138. The Hall–Kier alpha value is -2.61. The number of nitrogens with one attached hydrogen (secondary N) is 1. The largest absolute Gasteiger partial charge is 0.493 e. The smallest absolute Gasteiger partial charge is 0.420 e. The van der Waals surface area contributed by atoms with Crippen LogP contribution < -0.4 is 10.1 Å². The van der Waals surface area contributed by atoms with E-state index in [-0.39, 0.29) is 23.9 Å². The lowest BCUT2D eigenvalue weighted by Crippen LogP contribution is -2.10. The first-order chi connectivity index (χ1) is 15.8. The van der Waals surface area contributed by atoms with Crippen molar-refractivity contribution in [2.45, 2.75) is 58.0 Å². The molecule has 178 valence electrons. The third-order valence-corrected chi connectivity index (χ3v) is 5.95. The van der Waals surface area contributed by atoms with Gasteiger partial charge in [-0.3, -0.25) is 0 Å². The number of thiazole rings is 1. The maximum Gasteiger partial charge on any atom is 0.420 e. The van der Waals surface area contributed by atoms with Crippen molar-refractivity contribution in [3.63, 3.8) is 0 Å². The molecule has 2 aromatic carbocycles. The molecule has 0 aliphatic rings. The van der Waals surface area contributed by atoms with Gasteiger partial charge in [0.25, 0.3) is 0 Å². The summed E-state index contributed by atoms with van der Waals surface area (Å²) in [4.78, 5) is 4.43. The highest BCUT2D eigenvalue weighted by Crippen LogP contribution is 2.38. The van der Waals surface area contributed by atoms with Gasteiger partial charge < -0.3 is 10.1 Å². The topological polar surface area (TPSA) is 34.1 Å². The Bertz CT molecular complexity index is 1000. The molecule has 3 nitrogen and oxygen atoms in total. The maximum atomic E-state index is 13.6. The summed E-state index contributed by atoms with van der Waals surface area (Å²) in [5.74, 6) is -0.461. The number of ether oxygens (including phenoxy) is 1. The summed E-state index contributed by atoms with van der Waals surface area (Å²) >= 11 is 1.30. The Kier molecular flexibility index (Phi) is 9.11. The van der Waals surface area contributed by atoms with E-state index in [1.807, 2.05) is 5.38 Å². The number of rotatable bonds is 12. The minimum absolute atomic E-state index is 0.155. The molecule has 0 unspecified atom stereocenters. The number of aromatic nitrogens is 1. The Labute approximate surface area is 195 Å². The number of hydrogen-bond acceptors (Lipinski definition) is 4. The van der Waals surface area contributed by atoms with E-state index < -0.39 is 11.7 Å². The van der Waals surface area contributed by atoms with Crippen molar-refractivity contribution >= 4 is 22.2 Å². The molecule has 8 heteroatoms. The first kappa shape index (κ1) is 25.0. The predicted molar refractivity (Wildman–Crippen MR) is 125 cm³/mol. The fraction of sp³-hybridized carbons (Fsp3) is 0.400. The summed E-state index contributed by atoms with van der Waals surface area (Å²) < 4.78 is 59.3. The number of hydrogen-bond donors (Lipinski definition) is 1. The average molecular weight is 481 g/mol. The number of anilines is 2. The molecule has 0 aliphatic carbocycles. The van der Waals surface area contributed by atoms with E-state index in [2.05, 4.69) is 17.2 Å². The van der Waals surface area contributed by atoms with E-state index in [9.17, 15) is 17.6 Å². The van der Waals surface area contributed by atoms with Gasteiger partial charge in [0.2, 0.25) is 0 Å². The van der Waals surface area contributed by atoms with Gasteiger partial charge in [-0.2, -0.15) is 13.2 Å². The Balaban J connectivity index is 1.60. The van der Waals surface area contributed by atoms with Crippen LogP contribution in [0.15, 0.2) is 47.8 Å². The first-order valence-electron chi connectivity index (χ1n) is 11.1. The molecular formula is C25H28F4N2OS. The molecule has 3 rings (SSSR count). The quantitative estimate of drug-likeness (QED) is 0.209. The van der Waals surface area contributed by atoms with Gasteiger partial charge in [0, 0.05) is 17.5 Å². The van der Waals surface area contributed by atoms with E-state index >= 15 is 0 Å². The predicted octanol–water partition coefficient (Wildman–Crippen LogP) is 8.37. The molecule has 0 spiro atoms. The van der Waals surface area contributed by atoms with Crippen LogP contribution in [0.1, 0.15) is 62.3 Å².